The summed E-state index contributed by atoms with van der Waals surface area (Å²) in [6.45, 7) is 4.40. The summed E-state index contributed by atoms with van der Waals surface area (Å²) in [6, 6.07) is 12.4. The second-order valence-corrected chi connectivity index (χ2v) is 6.21. The second-order valence-electron chi connectivity index (χ2n) is 6.21. The highest BCUT2D eigenvalue weighted by molar-refractivity contribution is 5.96. The van der Waals surface area contributed by atoms with Gasteiger partial charge in [0.05, 0.1) is 11.8 Å². The van der Waals surface area contributed by atoms with Gasteiger partial charge in [0.2, 0.25) is 5.95 Å². The highest BCUT2D eigenvalue weighted by Gasteiger charge is 2.15. The van der Waals surface area contributed by atoms with Gasteiger partial charge in [0.25, 0.3) is 0 Å². The minimum absolute atomic E-state index is 0.256. The number of aliphatic hydroxyl groups excluding tert-OH is 1. The Morgan fingerprint density at radius 3 is 2.54 bits per heavy atom. The first-order chi connectivity index (χ1) is 12.5. The monoisotopic (exact) mass is 354 g/mol. The van der Waals surface area contributed by atoms with Crippen LogP contribution in [0.5, 0.6) is 0 Å². The van der Waals surface area contributed by atoms with Gasteiger partial charge in [0.15, 0.2) is 0 Å². The van der Waals surface area contributed by atoms with E-state index in [1.165, 1.54) is 6.07 Å². The van der Waals surface area contributed by atoms with E-state index in [0.29, 0.717) is 30.0 Å². The van der Waals surface area contributed by atoms with Gasteiger partial charge < -0.3 is 5.11 Å². The van der Waals surface area contributed by atoms with Crippen molar-refractivity contribution in [2.75, 3.05) is 18.6 Å². The van der Waals surface area contributed by atoms with Crippen molar-refractivity contribution in [1.82, 2.24) is 15.4 Å². The molecule has 0 amide bonds. The van der Waals surface area contributed by atoms with Crippen molar-refractivity contribution < 1.29 is 9.50 Å². The number of hydrogen-bond acceptors (Lipinski definition) is 5. The van der Waals surface area contributed by atoms with Crippen molar-refractivity contribution in [2.45, 2.75) is 26.4 Å². The fourth-order valence-electron chi connectivity index (χ4n) is 3.03. The first-order valence-electron chi connectivity index (χ1n) is 8.72. The number of hydrazine groups is 1. The second kappa shape index (κ2) is 7.76. The number of aromatic nitrogens is 2. The smallest absolute Gasteiger partial charge is 0.240 e. The van der Waals surface area contributed by atoms with Crippen molar-refractivity contribution in [2.24, 2.45) is 0 Å². The van der Waals surface area contributed by atoms with Crippen molar-refractivity contribution in [1.29, 1.82) is 0 Å². The van der Waals surface area contributed by atoms with E-state index in [1.807, 2.05) is 36.2 Å². The molecule has 5 nitrogen and oxygen atoms in total. The molecule has 6 heteroatoms. The topological polar surface area (TPSA) is 61.3 Å². The molecule has 0 bridgehead atoms. The molecule has 0 spiro atoms. The number of aliphatic hydroxyl groups is 1. The summed E-state index contributed by atoms with van der Waals surface area (Å²) in [5, 5.41) is 13.0. The van der Waals surface area contributed by atoms with Crippen LogP contribution in [0, 0.1) is 5.82 Å². The third-order valence-electron chi connectivity index (χ3n) is 4.25. The first kappa shape index (κ1) is 18.2. The highest BCUT2D eigenvalue weighted by Crippen LogP contribution is 2.30. The van der Waals surface area contributed by atoms with E-state index in [4.69, 9.17) is 0 Å². The summed E-state index contributed by atoms with van der Waals surface area (Å²) >= 11 is 0. The number of halogens is 1. The van der Waals surface area contributed by atoms with Crippen molar-refractivity contribution in [3.63, 3.8) is 0 Å². The third kappa shape index (κ3) is 3.66. The molecular weight excluding hydrogens is 331 g/mol. The lowest BCUT2D eigenvalue weighted by molar-refractivity contribution is 0.194. The molecule has 2 aromatic carbocycles. The van der Waals surface area contributed by atoms with Crippen molar-refractivity contribution in [3.05, 3.63) is 54.0 Å². The van der Waals surface area contributed by atoms with Crippen LogP contribution in [0.25, 0.3) is 22.0 Å². The maximum atomic E-state index is 14.2. The summed E-state index contributed by atoms with van der Waals surface area (Å²) in [6.07, 6.45) is -0.0941. The van der Waals surface area contributed by atoms with Gasteiger partial charge in [-0.1, -0.05) is 24.3 Å². The Hall–Kier alpha value is -2.57. The summed E-state index contributed by atoms with van der Waals surface area (Å²) < 4.78 is 14.2. The number of anilines is 1. The molecule has 2 N–H and O–H groups in total. The lowest BCUT2D eigenvalue weighted by atomic mass is 10.0. The van der Waals surface area contributed by atoms with Crippen LogP contribution in [0.2, 0.25) is 0 Å². The number of nitrogens with zero attached hydrogens (tertiary/aromatic N) is 3. The summed E-state index contributed by atoms with van der Waals surface area (Å²) in [5.41, 5.74) is 5.34. The van der Waals surface area contributed by atoms with Crippen LogP contribution >= 0.6 is 0 Å². The molecule has 0 aliphatic carbocycles. The predicted molar refractivity (Wildman–Crippen MR) is 102 cm³/mol. The molecule has 0 aliphatic rings. The molecular formula is C20H23FN4O. The summed E-state index contributed by atoms with van der Waals surface area (Å²) in [4.78, 5) is 9.24. The molecule has 1 unspecified atom stereocenters. The number of fused-ring (bicyclic) bond motifs is 1. The Labute approximate surface area is 152 Å². The maximum absolute atomic E-state index is 14.2. The average Bonchev–Trinajstić information content (AvgIpc) is 2.62. The van der Waals surface area contributed by atoms with Gasteiger partial charge in [0, 0.05) is 36.7 Å². The minimum Gasteiger partial charge on any atom is -0.393 e. The zero-order valence-electron chi connectivity index (χ0n) is 15.2. The summed E-state index contributed by atoms with van der Waals surface area (Å²) in [5.74, 6) is 0.268. The van der Waals surface area contributed by atoms with E-state index in [0.717, 1.165) is 16.6 Å². The number of nitrogens with one attached hydrogen (secondary N) is 1. The van der Waals surface area contributed by atoms with Crippen LogP contribution in [0.3, 0.4) is 0 Å². The molecule has 3 aromatic rings. The Kier molecular flexibility index (Phi) is 5.44. The van der Waals surface area contributed by atoms with Gasteiger partial charge in [-0.05, 0) is 37.4 Å². The summed E-state index contributed by atoms with van der Waals surface area (Å²) in [7, 11) is 1.81. The molecule has 0 saturated carbocycles. The fraction of sp³-hybridized carbons (Fsp3) is 0.300. The van der Waals surface area contributed by atoms with Crippen LogP contribution in [0.15, 0.2) is 42.5 Å². The van der Waals surface area contributed by atoms with E-state index >= 15 is 0 Å². The van der Waals surface area contributed by atoms with Crippen LogP contribution < -0.4 is 10.4 Å². The SMILES string of the molecule is CCN(NC)c1nc(CC(C)O)cc(-c2ccc(F)c3ccccc23)n1. The first-order valence-corrected chi connectivity index (χ1v) is 8.72. The molecule has 1 heterocycles. The van der Waals surface area contributed by atoms with Crippen molar-refractivity contribution >= 4 is 16.7 Å². The number of hydrogen-bond donors (Lipinski definition) is 2. The molecule has 1 atom stereocenters. The Bertz CT molecular complexity index is 909. The molecule has 0 fully saturated rings. The Morgan fingerprint density at radius 1 is 1.15 bits per heavy atom. The van der Waals surface area contributed by atoms with Gasteiger partial charge >= 0.3 is 0 Å². The van der Waals surface area contributed by atoms with Crippen LogP contribution in [0.1, 0.15) is 19.5 Å². The number of benzene rings is 2. The molecule has 0 aliphatic heterocycles. The lowest BCUT2D eigenvalue weighted by Gasteiger charge is -2.21. The van der Waals surface area contributed by atoms with Crippen LogP contribution in [-0.4, -0.2) is 34.8 Å². The predicted octanol–water partition coefficient (Wildman–Crippen LogP) is 3.32. The van der Waals surface area contributed by atoms with E-state index < -0.39 is 6.10 Å². The number of rotatable bonds is 6. The molecule has 0 saturated heterocycles. The van der Waals surface area contributed by atoms with E-state index in [-0.39, 0.29) is 5.82 Å². The minimum atomic E-state index is -0.514. The fourth-order valence-corrected chi connectivity index (χ4v) is 3.03. The largest absolute Gasteiger partial charge is 0.393 e. The van der Waals surface area contributed by atoms with Crippen LogP contribution in [0.4, 0.5) is 10.3 Å². The molecule has 26 heavy (non-hydrogen) atoms. The van der Waals surface area contributed by atoms with Crippen molar-refractivity contribution in [3.8, 4) is 11.3 Å². The molecule has 3 rings (SSSR count). The van der Waals surface area contributed by atoms with Gasteiger partial charge in [-0.2, -0.15) is 0 Å². The van der Waals surface area contributed by atoms with Gasteiger partial charge in [-0.15, -0.1) is 0 Å². The van der Waals surface area contributed by atoms with Crippen LogP contribution in [-0.2, 0) is 6.42 Å². The Balaban J connectivity index is 2.21. The highest BCUT2D eigenvalue weighted by atomic mass is 19.1. The van der Waals surface area contributed by atoms with Gasteiger partial charge in [0.1, 0.15) is 5.82 Å². The molecule has 0 radical (unpaired) electrons. The molecule has 136 valence electrons. The Morgan fingerprint density at radius 2 is 1.88 bits per heavy atom. The zero-order chi connectivity index (χ0) is 18.7. The quantitative estimate of drug-likeness (QED) is 0.665. The molecule has 1 aromatic heterocycles. The van der Waals surface area contributed by atoms with Gasteiger partial charge in [-0.3, -0.25) is 5.01 Å². The normalized spacial score (nSPS) is 12.3. The average molecular weight is 354 g/mol. The zero-order valence-corrected chi connectivity index (χ0v) is 15.2. The van der Waals surface area contributed by atoms with Gasteiger partial charge in [-0.25, -0.2) is 19.8 Å². The standard InChI is InChI=1S/C20H23FN4O/c1-4-25(22-3)20-23-14(11-13(2)26)12-19(24-20)17-9-10-18(21)16-8-6-5-7-15(16)17/h5-10,12-13,22,26H,4,11H2,1-3H3. The van der Waals surface area contributed by atoms with E-state index in [9.17, 15) is 9.50 Å². The lowest BCUT2D eigenvalue weighted by Crippen LogP contribution is -2.36. The third-order valence-corrected chi connectivity index (χ3v) is 4.25. The maximum Gasteiger partial charge on any atom is 0.240 e. The van der Waals surface area contributed by atoms with E-state index in [1.54, 1.807) is 26.1 Å². The van der Waals surface area contributed by atoms with E-state index in [2.05, 4.69) is 15.4 Å².